The molecule has 0 heterocycles. The molecular weight excluding hydrogens is 378 g/mol. The molecule has 0 spiro atoms. The van der Waals surface area contributed by atoms with Gasteiger partial charge in [0.05, 0.1) is 5.56 Å². The van der Waals surface area contributed by atoms with E-state index in [1.165, 1.54) is 12.1 Å². The number of hydrogen-bond acceptors (Lipinski definition) is 0. The maximum absolute atomic E-state index is 13.6. The van der Waals surface area contributed by atoms with Crippen LogP contribution in [0.15, 0.2) is 18.2 Å². The van der Waals surface area contributed by atoms with Gasteiger partial charge in [0.25, 0.3) is 0 Å². The van der Waals surface area contributed by atoms with E-state index in [0.717, 1.165) is 5.56 Å². The van der Waals surface area contributed by atoms with Gasteiger partial charge in [0, 0.05) is 9.13 Å². The van der Waals surface area contributed by atoms with E-state index in [2.05, 4.69) is 0 Å². The van der Waals surface area contributed by atoms with Gasteiger partial charge in [-0.3, -0.25) is 0 Å². The zero-order valence-corrected chi connectivity index (χ0v) is 11.7. The third-order valence-electron chi connectivity index (χ3n) is 2.60. The molecule has 0 aliphatic rings. The van der Waals surface area contributed by atoms with Crippen LogP contribution in [0.2, 0.25) is 0 Å². The summed E-state index contributed by atoms with van der Waals surface area (Å²) in [6.45, 7) is 1.75. The van der Waals surface area contributed by atoms with Crippen LogP contribution < -0.4 is 0 Å². The number of rotatable bonds is 1. The van der Waals surface area contributed by atoms with Crippen molar-refractivity contribution < 1.29 is 22.0 Å². The number of hydrogen-bond donors (Lipinski definition) is 0. The smallest absolute Gasteiger partial charge is 0.200 e. The normalized spacial score (nSPS) is 10.9. The molecule has 2 aromatic carbocycles. The van der Waals surface area contributed by atoms with Crippen molar-refractivity contribution in [3.63, 3.8) is 0 Å². The Morgan fingerprint density at radius 3 is 1.74 bits per heavy atom. The molecule has 0 saturated carbocycles. The third-order valence-corrected chi connectivity index (χ3v) is 3.50. The van der Waals surface area contributed by atoms with Crippen LogP contribution >= 0.6 is 22.6 Å². The van der Waals surface area contributed by atoms with Crippen LogP contribution in [0.3, 0.4) is 0 Å². The van der Waals surface area contributed by atoms with Crippen LogP contribution in [0.5, 0.6) is 0 Å². The average molecular weight is 384 g/mol. The molecule has 19 heavy (non-hydrogen) atoms. The van der Waals surface area contributed by atoms with E-state index < -0.39 is 34.6 Å². The van der Waals surface area contributed by atoms with Gasteiger partial charge in [-0.1, -0.05) is 17.7 Å². The van der Waals surface area contributed by atoms with E-state index in [9.17, 15) is 22.0 Å². The lowest BCUT2D eigenvalue weighted by Gasteiger charge is -2.10. The van der Waals surface area contributed by atoms with Crippen molar-refractivity contribution in [3.05, 3.63) is 56.4 Å². The maximum Gasteiger partial charge on any atom is 0.200 e. The van der Waals surface area contributed by atoms with Gasteiger partial charge >= 0.3 is 0 Å². The topological polar surface area (TPSA) is 0 Å². The van der Waals surface area contributed by atoms with Gasteiger partial charge < -0.3 is 0 Å². The standard InChI is InChI=1S/C13H6F5I/c1-5-2-3-6(7(19)4-5)8-9(14)11(16)13(18)12(17)10(8)15/h2-4H,1H3. The fourth-order valence-corrected chi connectivity index (χ4v) is 2.60. The van der Waals surface area contributed by atoms with Crippen LogP contribution in [0.1, 0.15) is 5.56 Å². The molecule has 2 rings (SSSR count). The van der Waals surface area contributed by atoms with Crippen molar-refractivity contribution in [2.75, 3.05) is 0 Å². The summed E-state index contributed by atoms with van der Waals surface area (Å²) >= 11 is 1.78. The van der Waals surface area contributed by atoms with E-state index in [4.69, 9.17) is 0 Å². The van der Waals surface area contributed by atoms with Crippen LogP contribution in [-0.2, 0) is 0 Å². The minimum absolute atomic E-state index is 0.0287. The second-order valence-corrected chi connectivity index (χ2v) is 5.09. The van der Waals surface area contributed by atoms with Crippen LogP contribution in [0.4, 0.5) is 22.0 Å². The summed E-state index contributed by atoms with van der Waals surface area (Å²) in [5.41, 5.74) is -0.114. The van der Waals surface area contributed by atoms with Gasteiger partial charge in [0.2, 0.25) is 5.82 Å². The van der Waals surface area contributed by atoms with Crippen LogP contribution in [-0.4, -0.2) is 0 Å². The SMILES string of the molecule is Cc1ccc(-c2c(F)c(F)c(F)c(F)c2F)c(I)c1. The van der Waals surface area contributed by atoms with Crippen molar-refractivity contribution in [2.45, 2.75) is 6.92 Å². The zero-order chi connectivity index (χ0) is 14.3. The Kier molecular flexibility index (Phi) is 3.80. The quantitative estimate of drug-likeness (QED) is 0.282. The summed E-state index contributed by atoms with van der Waals surface area (Å²) in [5.74, 6) is -9.67. The first-order chi connectivity index (χ1) is 8.84. The second-order valence-electron chi connectivity index (χ2n) is 3.93. The highest BCUT2D eigenvalue weighted by Crippen LogP contribution is 2.34. The third kappa shape index (κ3) is 2.33. The van der Waals surface area contributed by atoms with Gasteiger partial charge in [0.15, 0.2) is 23.3 Å². The molecule has 0 fully saturated rings. The van der Waals surface area contributed by atoms with E-state index >= 15 is 0 Å². The van der Waals surface area contributed by atoms with Gasteiger partial charge in [-0.15, -0.1) is 0 Å². The maximum atomic E-state index is 13.6. The molecule has 6 heteroatoms. The lowest BCUT2D eigenvalue weighted by atomic mass is 10.0. The highest BCUT2D eigenvalue weighted by Gasteiger charge is 2.27. The summed E-state index contributed by atoms with van der Waals surface area (Å²) in [6.07, 6.45) is 0. The van der Waals surface area contributed by atoms with Crippen molar-refractivity contribution in [2.24, 2.45) is 0 Å². The van der Waals surface area contributed by atoms with E-state index in [1.807, 2.05) is 0 Å². The predicted octanol–water partition coefficient (Wildman–Crippen LogP) is 4.96. The molecular formula is C13H6F5I. The Bertz CT molecular complexity index is 638. The average Bonchev–Trinajstić information content (AvgIpc) is 2.37. The molecule has 2 aromatic rings. The molecule has 0 bridgehead atoms. The van der Waals surface area contributed by atoms with Crippen molar-refractivity contribution >= 4 is 22.6 Å². The molecule has 100 valence electrons. The lowest BCUT2D eigenvalue weighted by Crippen LogP contribution is -2.04. The van der Waals surface area contributed by atoms with Crippen LogP contribution in [0, 0.1) is 39.6 Å². The minimum Gasteiger partial charge on any atom is -0.203 e. The zero-order valence-electron chi connectivity index (χ0n) is 9.50. The monoisotopic (exact) mass is 384 g/mol. The fraction of sp³-hybridized carbons (Fsp3) is 0.0769. The summed E-state index contributed by atoms with van der Waals surface area (Å²) in [7, 11) is 0. The van der Waals surface area contributed by atoms with Crippen molar-refractivity contribution in [3.8, 4) is 11.1 Å². The van der Waals surface area contributed by atoms with Gasteiger partial charge in [-0.05, 0) is 35.6 Å². The molecule has 0 unspecified atom stereocenters. The molecule has 0 amide bonds. The van der Waals surface area contributed by atoms with E-state index in [1.54, 1.807) is 35.6 Å². The number of aryl methyl sites for hydroxylation is 1. The second kappa shape index (κ2) is 5.07. The first kappa shape index (κ1) is 14.2. The van der Waals surface area contributed by atoms with E-state index in [-0.39, 0.29) is 5.56 Å². The Labute approximate surface area is 119 Å². The summed E-state index contributed by atoms with van der Waals surface area (Å²) < 4.78 is 66.9. The Hall–Kier alpha value is -1.18. The summed E-state index contributed by atoms with van der Waals surface area (Å²) in [4.78, 5) is 0. The predicted molar refractivity (Wildman–Crippen MR) is 69.1 cm³/mol. The largest absolute Gasteiger partial charge is 0.203 e. The highest BCUT2D eigenvalue weighted by atomic mass is 127. The summed E-state index contributed by atoms with van der Waals surface area (Å²) in [6, 6.07) is 4.46. The lowest BCUT2D eigenvalue weighted by molar-refractivity contribution is 0.381. The molecule has 0 radical (unpaired) electrons. The van der Waals surface area contributed by atoms with Crippen molar-refractivity contribution in [1.29, 1.82) is 0 Å². The van der Waals surface area contributed by atoms with E-state index in [0.29, 0.717) is 3.57 Å². The summed E-state index contributed by atoms with van der Waals surface area (Å²) in [5, 5.41) is 0. The Morgan fingerprint density at radius 1 is 0.789 bits per heavy atom. The van der Waals surface area contributed by atoms with Crippen molar-refractivity contribution in [1.82, 2.24) is 0 Å². The first-order valence-corrected chi connectivity index (χ1v) is 6.20. The molecule has 0 saturated heterocycles. The fourth-order valence-electron chi connectivity index (χ4n) is 1.66. The molecule has 0 aliphatic carbocycles. The Morgan fingerprint density at radius 2 is 1.26 bits per heavy atom. The molecule has 0 aliphatic heterocycles. The molecule has 0 aromatic heterocycles. The first-order valence-electron chi connectivity index (χ1n) is 5.12. The number of benzene rings is 2. The minimum atomic E-state index is -2.15. The molecule has 0 N–H and O–H groups in total. The van der Waals surface area contributed by atoms with Gasteiger partial charge in [-0.25, -0.2) is 22.0 Å². The molecule has 0 atom stereocenters. The molecule has 0 nitrogen and oxygen atoms in total. The van der Waals surface area contributed by atoms with Gasteiger partial charge in [0.1, 0.15) is 0 Å². The van der Waals surface area contributed by atoms with Gasteiger partial charge in [-0.2, -0.15) is 0 Å². The highest BCUT2D eigenvalue weighted by molar-refractivity contribution is 14.1. The number of halogens is 6. The Balaban J connectivity index is 2.83. The van der Waals surface area contributed by atoms with Crippen LogP contribution in [0.25, 0.3) is 11.1 Å².